The minimum atomic E-state index is -0.268. The van der Waals surface area contributed by atoms with Crippen LogP contribution in [-0.2, 0) is 11.3 Å². The van der Waals surface area contributed by atoms with E-state index in [0.29, 0.717) is 10.7 Å². The first-order valence-electron chi connectivity index (χ1n) is 6.19. The highest BCUT2D eigenvalue weighted by Gasteiger charge is 2.06. The van der Waals surface area contributed by atoms with Gasteiger partial charge in [0, 0.05) is 23.0 Å². The molecule has 0 saturated heterocycles. The third-order valence-electron chi connectivity index (χ3n) is 2.92. The highest BCUT2D eigenvalue weighted by Crippen LogP contribution is 2.19. The monoisotopic (exact) mass is 290 g/mol. The number of aryl methyl sites for hydroxylation is 2. The summed E-state index contributed by atoms with van der Waals surface area (Å²) in [4.78, 5) is 23.6. The lowest BCUT2D eigenvalue weighted by Gasteiger charge is -2.08. The predicted molar refractivity (Wildman–Crippen MR) is 80.3 cm³/mol. The molecule has 0 aliphatic carbocycles. The van der Waals surface area contributed by atoms with Crippen molar-refractivity contribution < 1.29 is 4.79 Å². The number of carbonyl (C=O) groups is 1. The van der Waals surface area contributed by atoms with E-state index < -0.39 is 0 Å². The number of amides is 1. The molecular weight excluding hydrogens is 276 g/mol. The van der Waals surface area contributed by atoms with Crippen molar-refractivity contribution in [3.63, 3.8) is 0 Å². The molecule has 1 aromatic heterocycles. The van der Waals surface area contributed by atoms with Crippen molar-refractivity contribution in [2.45, 2.75) is 20.4 Å². The van der Waals surface area contributed by atoms with Crippen LogP contribution in [0.4, 0.5) is 5.69 Å². The van der Waals surface area contributed by atoms with E-state index in [-0.39, 0.29) is 18.0 Å². The van der Waals surface area contributed by atoms with E-state index in [1.54, 1.807) is 24.4 Å². The number of nitrogens with one attached hydrogen (secondary N) is 1. The fraction of sp³-hybridized carbons (Fsp3) is 0.200. The molecule has 5 heteroatoms. The highest BCUT2D eigenvalue weighted by molar-refractivity contribution is 6.31. The van der Waals surface area contributed by atoms with Crippen molar-refractivity contribution in [2.24, 2.45) is 0 Å². The third-order valence-corrected chi connectivity index (χ3v) is 3.33. The fourth-order valence-corrected chi connectivity index (χ4v) is 1.94. The number of rotatable bonds is 3. The van der Waals surface area contributed by atoms with Crippen LogP contribution in [-0.4, -0.2) is 10.5 Å². The van der Waals surface area contributed by atoms with E-state index >= 15 is 0 Å². The molecule has 1 N–H and O–H groups in total. The summed E-state index contributed by atoms with van der Waals surface area (Å²) in [6.45, 7) is 3.70. The number of nitrogens with zero attached hydrogens (tertiary/aromatic N) is 1. The first-order chi connectivity index (χ1) is 9.45. The second-order valence-corrected chi connectivity index (χ2v) is 5.09. The number of halogens is 1. The van der Waals surface area contributed by atoms with Gasteiger partial charge >= 0.3 is 0 Å². The van der Waals surface area contributed by atoms with Crippen LogP contribution in [0.5, 0.6) is 0 Å². The number of pyridine rings is 1. The minimum Gasteiger partial charge on any atom is -0.324 e. The van der Waals surface area contributed by atoms with Crippen molar-refractivity contribution in [2.75, 3.05) is 5.32 Å². The summed E-state index contributed by atoms with van der Waals surface area (Å²) in [5.41, 5.74) is 2.24. The Morgan fingerprint density at radius 1 is 1.25 bits per heavy atom. The molecule has 0 spiro atoms. The number of hydrogen-bond donors (Lipinski definition) is 1. The van der Waals surface area contributed by atoms with Gasteiger partial charge in [-0.1, -0.05) is 17.7 Å². The van der Waals surface area contributed by atoms with Gasteiger partial charge in [0.2, 0.25) is 5.91 Å². The van der Waals surface area contributed by atoms with E-state index in [1.807, 2.05) is 19.9 Å². The first-order valence-corrected chi connectivity index (χ1v) is 6.56. The second-order valence-electron chi connectivity index (χ2n) is 4.68. The van der Waals surface area contributed by atoms with Gasteiger partial charge in [-0.2, -0.15) is 0 Å². The summed E-state index contributed by atoms with van der Waals surface area (Å²) in [5, 5.41) is 3.31. The van der Waals surface area contributed by atoms with Crippen LogP contribution in [0.15, 0.2) is 41.3 Å². The lowest BCUT2D eigenvalue weighted by Crippen LogP contribution is -2.26. The van der Waals surface area contributed by atoms with E-state index in [4.69, 9.17) is 11.6 Å². The molecule has 0 bridgehead atoms. The SMILES string of the molecule is Cc1ccn(CC(=O)Nc2ccc(C)c(Cl)c2)c(=O)c1. The summed E-state index contributed by atoms with van der Waals surface area (Å²) < 4.78 is 1.36. The highest BCUT2D eigenvalue weighted by atomic mass is 35.5. The van der Waals surface area contributed by atoms with Crippen molar-refractivity contribution in [3.8, 4) is 0 Å². The standard InChI is InChI=1S/C15H15ClN2O2/c1-10-5-6-18(15(20)7-10)9-14(19)17-12-4-3-11(2)13(16)8-12/h3-8H,9H2,1-2H3,(H,17,19). The van der Waals surface area contributed by atoms with Crippen LogP contribution >= 0.6 is 11.6 Å². The first kappa shape index (κ1) is 14.3. The molecule has 0 atom stereocenters. The quantitative estimate of drug-likeness (QED) is 0.945. The molecular formula is C15H15ClN2O2. The molecule has 0 aliphatic rings. The summed E-state index contributed by atoms with van der Waals surface area (Å²) in [6, 6.07) is 8.58. The zero-order valence-electron chi connectivity index (χ0n) is 11.3. The van der Waals surface area contributed by atoms with Gasteiger partial charge in [-0.15, -0.1) is 0 Å². The van der Waals surface area contributed by atoms with Crippen molar-refractivity contribution in [3.05, 3.63) is 63.0 Å². The Labute approximate surface area is 122 Å². The number of aromatic nitrogens is 1. The lowest BCUT2D eigenvalue weighted by atomic mass is 10.2. The fourth-order valence-electron chi connectivity index (χ4n) is 1.76. The molecule has 0 radical (unpaired) electrons. The van der Waals surface area contributed by atoms with E-state index in [0.717, 1.165) is 11.1 Å². The average molecular weight is 291 g/mol. The third kappa shape index (κ3) is 3.48. The maximum absolute atomic E-state index is 11.9. The maximum Gasteiger partial charge on any atom is 0.251 e. The molecule has 104 valence electrons. The molecule has 2 aromatic rings. The van der Waals surface area contributed by atoms with Gasteiger partial charge < -0.3 is 9.88 Å². The van der Waals surface area contributed by atoms with Gasteiger partial charge in [0.15, 0.2) is 0 Å². The average Bonchev–Trinajstić information content (AvgIpc) is 2.37. The molecule has 0 fully saturated rings. The van der Waals surface area contributed by atoms with Gasteiger partial charge in [0.1, 0.15) is 6.54 Å². The van der Waals surface area contributed by atoms with Crippen LogP contribution in [0.25, 0.3) is 0 Å². The largest absolute Gasteiger partial charge is 0.324 e. The molecule has 0 unspecified atom stereocenters. The summed E-state index contributed by atoms with van der Waals surface area (Å²) in [7, 11) is 0. The molecule has 0 aliphatic heterocycles. The minimum absolute atomic E-state index is 0.0232. The Kier molecular flexibility index (Phi) is 4.25. The lowest BCUT2D eigenvalue weighted by molar-refractivity contribution is -0.116. The number of benzene rings is 1. The van der Waals surface area contributed by atoms with E-state index in [1.165, 1.54) is 10.6 Å². The number of hydrogen-bond acceptors (Lipinski definition) is 2. The van der Waals surface area contributed by atoms with E-state index in [9.17, 15) is 9.59 Å². The maximum atomic E-state index is 11.9. The van der Waals surface area contributed by atoms with Crippen LogP contribution in [0.2, 0.25) is 5.02 Å². The molecule has 0 saturated carbocycles. The Balaban J connectivity index is 2.09. The van der Waals surface area contributed by atoms with Crippen molar-refractivity contribution in [1.29, 1.82) is 0 Å². The molecule has 1 aromatic carbocycles. The topological polar surface area (TPSA) is 51.1 Å². The normalized spacial score (nSPS) is 10.3. The molecule has 20 heavy (non-hydrogen) atoms. The Bertz CT molecular complexity index is 707. The van der Waals surface area contributed by atoms with Crippen LogP contribution in [0, 0.1) is 13.8 Å². The van der Waals surface area contributed by atoms with Crippen molar-refractivity contribution in [1.82, 2.24) is 4.57 Å². The molecule has 2 rings (SSSR count). The van der Waals surface area contributed by atoms with Gasteiger partial charge in [-0.05, 0) is 43.2 Å². The number of carbonyl (C=O) groups excluding carboxylic acids is 1. The van der Waals surface area contributed by atoms with Gasteiger partial charge in [0.25, 0.3) is 5.56 Å². The molecule has 4 nitrogen and oxygen atoms in total. The Morgan fingerprint density at radius 2 is 2.00 bits per heavy atom. The second kappa shape index (κ2) is 5.92. The summed E-state index contributed by atoms with van der Waals surface area (Å²) in [5.74, 6) is -0.268. The Hall–Kier alpha value is -2.07. The smallest absolute Gasteiger partial charge is 0.251 e. The predicted octanol–water partition coefficient (Wildman–Crippen LogP) is 2.76. The zero-order valence-corrected chi connectivity index (χ0v) is 12.1. The van der Waals surface area contributed by atoms with Crippen LogP contribution in [0.3, 0.4) is 0 Å². The van der Waals surface area contributed by atoms with Gasteiger partial charge in [0.05, 0.1) is 0 Å². The van der Waals surface area contributed by atoms with Gasteiger partial charge in [-0.25, -0.2) is 0 Å². The number of anilines is 1. The van der Waals surface area contributed by atoms with Gasteiger partial charge in [-0.3, -0.25) is 9.59 Å². The molecule has 1 heterocycles. The van der Waals surface area contributed by atoms with Crippen LogP contribution < -0.4 is 10.9 Å². The van der Waals surface area contributed by atoms with Crippen molar-refractivity contribution >= 4 is 23.2 Å². The van der Waals surface area contributed by atoms with Crippen LogP contribution in [0.1, 0.15) is 11.1 Å². The molecule has 1 amide bonds. The summed E-state index contributed by atoms with van der Waals surface area (Å²) >= 11 is 5.99. The summed E-state index contributed by atoms with van der Waals surface area (Å²) in [6.07, 6.45) is 1.61. The Morgan fingerprint density at radius 3 is 2.65 bits per heavy atom. The van der Waals surface area contributed by atoms with E-state index in [2.05, 4.69) is 5.32 Å². The zero-order chi connectivity index (χ0) is 14.7.